The van der Waals surface area contributed by atoms with Crippen molar-refractivity contribution in [1.29, 1.82) is 0 Å². The molecule has 0 saturated heterocycles. The number of hydrogen-bond acceptors (Lipinski definition) is 7. The van der Waals surface area contributed by atoms with Gasteiger partial charge in [-0.05, 0) is 73.5 Å². The van der Waals surface area contributed by atoms with E-state index in [2.05, 4.69) is 57.9 Å². The third-order valence-electron chi connectivity index (χ3n) is 6.79. The van der Waals surface area contributed by atoms with Gasteiger partial charge in [0.2, 0.25) is 0 Å². The standard InChI is InChI=1S/C24H27ClN4.C4H6O6/c25-22-8-7-19-9-12-26-13-10-21(19)24(22)27-15-17-3-5-20(6-4-17)23-11-14-29(28-23)16-18-1-2-18;5-1(3(7)8)2(6)4(9)10/h3-8,11,14,18,26-27H,1-2,9-10,12-13,15-16H2;1-2,5-6H,(H,7,8)(H,9,10)/t;1-,2-/m.1/s1. The minimum absolute atomic E-state index is 0.764. The van der Waals surface area contributed by atoms with Crippen molar-refractivity contribution in [2.45, 2.75) is 51.0 Å². The van der Waals surface area contributed by atoms with Crippen molar-refractivity contribution < 1.29 is 30.0 Å². The second kappa shape index (κ2) is 13.1. The minimum Gasteiger partial charge on any atom is -0.479 e. The maximum atomic E-state index is 9.77. The fourth-order valence-electron chi connectivity index (χ4n) is 4.37. The van der Waals surface area contributed by atoms with Gasteiger partial charge in [0.05, 0.1) is 16.4 Å². The van der Waals surface area contributed by atoms with Crippen LogP contribution >= 0.6 is 11.6 Å². The molecule has 11 heteroatoms. The van der Waals surface area contributed by atoms with Gasteiger partial charge in [-0.25, -0.2) is 9.59 Å². The molecule has 0 radical (unpaired) electrons. The number of nitrogens with zero attached hydrogens (tertiary/aromatic N) is 2. The second-order valence-corrected chi connectivity index (χ2v) is 10.2. The average Bonchev–Trinajstić information content (AvgIpc) is 3.67. The molecule has 1 aliphatic carbocycles. The van der Waals surface area contributed by atoms with Crippen molar-refractivity contribution in [3.63, 3.8) is 0 Å². The molecule has 0 unspecified atom stereocenters. The number of benzene rings is 2. The summed E-state index contributed by atoms with van der Waals surface area (Å²) in [4.78, 5) is 19.5. The number of anilines is 1. The van der Waals surface area contributed by atoms with Crippen LogP contribution in [0.3, 0.4) is 0 Å². The van der Waals surface area contributed by atoms with Crippen LogP contribution in [0.25, 0.3) is 11.3 Å². The number of rotatable bonds is 9. The predicted molar refractivity (Wildman–Crippen MR) is 147 cm³/mol. The van der Waals surface area contributed by atoms with Gasteiger partial charge in [0.15, 0.2) is 12.2 Å². The maximum Gasteiger partial charge on any atom is 0.335 e. The molecule has 5 rings (SSSR count). The lowest BCUT2D eigenvalue weighted by atomic mass is 10.0. The Morgan fingerprint density at radius 1 is 1.00 bits per heavy atom. The number of nitrogens with one attached hydrogen (secondary N) is 2. The number of hydrogen-bond donors (Lipinski definition) is 6. The van der Waals surface area contributed by atoms with Crippen LogP contribution < -0.4 is 10.6 Å². The van der Waals surface area contributed by atoms with E-state index in [-0.39, 0.29) is 0 Å². The summed E-state index contributed by atoms with van der Waals surface area (Å²) in [5, 5.41) is 45.1. The van der Waals surface area contributed by atoms with Gasteiger partial charge in [-0.3, -0.25) is 4.68 Å². The summed E-state index contributed by atoms with van der Waals surface area (Å²) in [5.41, 5.74) is 7.32. The Hall–Kier alpha value is -3.44. The van der Waals surface area contributed by atoms with Crippen LogP contribution in [0.1, 0.15) is 29.5 Å². The molecule has 0 spiro atoms. The highest BCUT2D eigenvalue weighted by molar-refractivity contribution is 6.33. The number of carboxylic acid groups (broad SMARTS) is 2. The molecule has 2 atom stereocenters. The van der Waals surface area contributed by atoms with Crippen LogP contribution in [0.2, 0.25) is 5.02 Å². The maximum absolute atomic E-state index is 9.77. The van der Waals surface area contributed by atoms with E-state index in [0.29, 0.717) is 0 Å². The summed E-state index contributed by atoms with van der Waals surface area (Å²) in [6.07, 6.45) is 2.34. The summed E-state index contributed by atoms with van der Waals surface area (Å²) in [6.45, 7) is 3.86. The molecular formula is C28H33ClN4O6. The molecular weight excluding hydrogens is 524 g/mol. The van der Waals surface area contributed by atoms with Crippen LogP contribution in [0.4, 0.5) is 5.69 Å². The summed E-state index contributed by atoms with van der Waals surface area (Å²) in [5.74, 6) is -2.70. The first kappa shape index (κ1) is 28.6. The average molecular weight is 557 g/mol. The molecule has 2 heterocycles. The summed E-state index contributed by atoms with van der Waals surface area (Å²) in [6, 6.07) is 15.0. The van der Waals surface area contributed by atoms with Crippen molar-refractivity contribution in [3.05, 3.63) is 70.4 Å². The smallest absolute Gasteiger partial charge is 0.335 e. The molecule has 0 amide bonds. The molecule has 1 aliphatic heterocycles. The Morgan fingerprint density at radius 2 is 1.67 bits per heavy atom. The first-order valence-corrected chi connectivity index (χ1v) is 13.3. The van der Waals surface area contributed by atoms with E-state index in [0.717, 1.165) is 61.3 Å². The highest BCUT2D eigenvalue weighted by atomic mass is 35.5. The van der Waals surface area contributed by atoms with Crippen LogP contribution in [-0.2, 0) is 35.5 Å². The molecule has 1 aromatic heterocycles. The molecule has 10 nitrogen and oxygen atoms in total. The molecule has 1 fully saturated rings. The number of aromatic nitrogens is 2. The fraction of sp³-hybridized carbons (Fsp3) is 0.393. The highest BCUT2D eigenvalue weighted by Gasteiger charge is 2.29. The SMILES string of the molecule is Clc1ccc2c(c1NCc1ccc(-c3ccn(CC4CC4)n3)cc1)CCNCC2.O=C(O)[C@H](O)[C@@H](O)C(=O)O. The lowest BCUT2D eigenvalue weighted by Gasteiger charge is -2.16. The normalized spacial score (nSPS) is 16.2. The number of fused-ring (bicyclic) bond motifs is 1. The van der Waals surface area contributed by atoms with Crippen molar-refractivity contribution in [3.8, 4) is 11.3 Å². The third-order valence-corrected chi connectivity index (χ3v) is 7.10. The van der Waals surface area contributed by atoms with E-state index >= 15 is 0 Å². The van der Waals surface area contributed by atoms with Gasteiger partial charge in [-0.2, -0.15) is 5.10 Å². The van der Waals surface area contributed by atoms with Gasteiger partial charge < -0.3 is 31.1 Å². The van der Waals surface area contributed by atoms with E-state index in [1.165, 1.54) is 35.1 Å². The number of aliphatic hydroxyl groups is 2. The number of carbonyl (C=O) groups is 2. The molecule has 2 aromatic carbocycles. The zero-order valence-corrected chi connectivity index (χ0v) is 22.1. The molecule has 1 saturated carbocycles. The zero-order valence-electron chi connectivity index (χ0n) is 21.4. The molecule has 39 heavy (non-hydrogen) atoms. The summed E-state index contributed by atoms with van der Waals surface area (Å²) in [7, 11) is 0. The quantitative estimate of drug-likeness (QED) is 0.233. The molecule has 3 aromatic rings. The van der Waals surface area contributed by atoms with Gasteiger partial charge in [0.25, 0.3) is 0 Å². The highest BCUT2D eigenvalue weighted by Crippen LogP contribution is 2.32. The molecule has 2 aliphatic rings. The lowest BCUT2D eigenvalue weighted by molar-refractivity contribution is -0.165. The largest absolute Gasteiger partial charge is 0.479 e. The van der Waals surface area contributed by atoms with Gasteiger partial charge >= 0.3 is 11.9 Å². The van der Waals surface area contributed by atoms with E-state index < -0.39 is 24.1 Å². The van der Waals surface area contributed by atoms with Gasteiger partial charge in [-0.1, -0.05) is 41.9 Å². The van der Waals surface area contributed by atoms with Gasteiger partial charge in [0.1, 0.15) is 0 Å². The predicted octanol–water partition coefficient (Wildman–Crippen LogP) is 2.79. The van der Waals surface area contributed by atoms with Crippen LogP contribution in [0.5, 0.6) is 0 Å². The van der Waals surface area contributed by atoms with Crippen molar-refractivity contribution in [2.24, 2.45) is 5.92 Å². The fourth-order valence-corrected chi connectivity index (χ4v) is 4.61. The minimum atomic E-state index is -2.27. The third kappa shape index (κ3) is 7.79. The van der Waals surface area contributed by atoms with Crippen LogP contribution in [0.15, 0.2) is 48.7 Å². The molecule has 208 valence electrons. The monoisotopic (exact) mass is 556 g/mol. The van der Waals surface area contributed by atoms with Crippen molar-refractivity contribution >= 4 is 29.2 Å². The summed E-state index contributed by atoms with van der Waals surface area (Å²) >= 11 is 6.54. The second-order valence-electron chi connectivity index (χ2n) is 9.79. The first-order valence-electron chi connectivity index (χ1n) is 12.9. The Bertz CT molecular complexity index is 1270. The number of aliphatic carboxylic acids is 2. The Morgan fingerprint density at radius 3 is 2.31 bits per heavy atom. The van der Waals surface area contributed by atoms with E-state index in [1.807, 2.05) is 6.07 Å². The topological polar surface area (TPSA) is 157 Å². The number of halogens is 1. The van der Waals surface area contributed by atoms with Crippen LogP contribution in [0, 0.1) is 5.92 Å². The van der Waals surface area contributed by atoms with E-state index in [1.54, 1.807) is 0 Å². The van der Waals surface area contributed by atoms with Crippen LogP contribution in [-0.4, -0.2) is 67.4 Å². The van der Waals surface area contributed by atoms with E-state index in [4.69, 9.17) is 37.1 Å². The lowest BCUT2D eigenvalue weighted by Crippen LogP contribution is -2.39. The van der Waals surface area contributed by atoms with Crippen molar-refractivity contribution in [2.75, 3.05) is 18.4 Å². The van der Waals surface area contributed by atoms with Gasteiger partial charge in [0, 0.05) is 24.8 Å². The zero-order chi connectivity index (χ0) is 27.9. The van der Waals surface area contributed by atoms with Gasteiger partial charge in [-0.15, -0.1) is 0 Å². The Balaban J connectivity index is 0.000000303. The first-order chi connectivity index (χ1) is 18.7. The van der Waals surface area contributed by atoms with Crippen molar-refractivity contribution in [1.82, 2.24) is 15.1 Å². The van der Waals surface area contributed by atoms with E-state index in [9.17, 15) is 9.59 Å². The Labute approximate surface area is 231 Å². The molecule has 6 N–H and O–H groups in total. The number of aliphatic hydroxyl groups excluding tert-OH is 2. The number of carboxylic acids is 2. The molecule has 0 bridgehead atoms. The summed E-state index contributed by atoms with van der Waals surface area (Å²) < 4.78 is 2.08. The Kier molecular flexibility index (Phi) is 9.58.